The second-order valence-electron chi connectivity index (χ2n) is 3.27. The van der Waals surface area contributed by atoms with Gasteiger partial charge >= 0.3 is 0 Å². The summed E-state index contributed by atoms with van der Waals surface area (Å²) in [7, 11) is 3.12. The van der Waals surface area contributed by atoms with Crippen molar-refractivity contribution in [2.45, 2.75) is 6.04 Å². The van der Waals surface area contributed by atoms with Crippen molar-refractivity contribution >= 4 is 5.69 Å². The van der Waals surface area contributed by atoms with Crippen LogP contribution in [0.25, 0.3) is 0 Å². The summed E-state index contributed by atoms with van der Waals surface area (Å²) in [6.07, 6.45) is 0. The van der Waals surface area contributed by atoms with E-state index in [1.165, 1.54) is 0 Å². The normalized spacial score (nSPS) is 10.3. The predicted molar refractivity (Wildman–Crippen MR) is 61.1 cm³/mol. The van der Waals surface area contributed by atoms with Crippen LogP contribution >= 0.6 is 0 Å². The smallest absolute Gasteiger partial charge is 0.145 e. The second-order valence-corrected chi connectivity index (χ2v) is 3.27. The van der Waals surface area contributed by atoms with E-state index in [4.69, 9.17) is 19.7 Å². The minimum absolute atomic E-state index is 0.147. The van der Waals surface area contributed by atoms with E-state index in [-0.39, 0.29) is 13.2 Å². The predicted octanol–water partition coefficient (Wildman–Crippen LogP) is 0.469. The lowest BCUT2D eigenvalue weighted by atomic mass is 10.2. The molecule has 0 amide bonds. The summed E-state index contributed by atoms with van der Waals surface area (Å²) >= 11 is 0. The monoisotopic (exact) mass is 227 g/mol. The molecule has 0 aliphatic carbocycles. The van der Waals surface area contributed by atoms with Crippen LogP contribution in [0, 0.1) is 0 Å². The average molecular weight is 227 g/mol. The molecule has 0 spiro atoms. The fourth-order valence-corrected chi connectivity index (χ4v) is 1.29. The first-order valence-corrected chi connectivity index (χ1v) is 4.95. The zero-order valence-corrected chi connectivity index (χ0v) is 9.43. The highest BCUT2D eigenvalue weighted by molar-refractivity contribution is 5.59. The maximum absolute atomic E-state index is 8.96. The average Bonchev–Trinajstić information content (AvgIpc) is 2.35. The lowest BCUT2D eigenvalue weighted by molar-refractivity contribution is 0.203. The van der Waals surface area contributed by atoms with Gasteiger partial charge in [0.25, 0.3) is 0 Å². The molecule has 0 aromatic heterocycles. The summed E-state index contributed by atoms with van der Waals surface area (Å²) in [4.78, 5) is 0. The molecule has 1 aromatic carbocycles. The molecule has 16 heavy (non-hydrogen) atoms. The molecule has 0 unspecified atom stereocenters. The van der Waals surface area contributed by atoms with E-state index < -0.39 is 6.04 Å². The van der Waals surface area contributed by atoms with E-state index in [9.17, 15) is 0 Å². The topological polar surface area (TPSA) is 71.0 Å². The van der Waals surface area contributed by atoms with Gasteiger partial charge in [0, 0.05) is 6.07 Å². The molecule has 0 atom stereocenters. The molecule has 5 nitrogen and oxygen atoms in total. The van der Waals surface area contributed by atoms with Crippen LogP contribution in [0.4, 0.5) is 5.69 Å². The molecule has 0 saturated heterocycles. The number of ether oxygens (including phenoxy) is 2. The number of anilines is 1. The van der Waals surface area contributed by atoms with E-state index in [1.54, 1.807) is 32.4 Å². The number of hydrogen-bond acceptors (Lipinski definition) is 5. The largest absolute Gasteiger partial charge is 0.497 e. The number of methoxy groups -OCH3 is 2. The van der Waals surface area contributed by atoms with Crippen molar-refractivity contribution in [3.8, 4) is 11.5 Å². The van der Waals surface area contributed by atoms with Crippen molar-refractivity contribution < 1.29 is 19.7 Å². The molecule has 3 N–H and O–H groups in total. The van der Waals surface area contributed by atoms with Gasteiger partial charge in [-0.2, -0.15) is 0 Å². The standard InChI is InChI=1S/C11H17NO4/c1-15-9-3-4-10(11(5-9)16-2)12-8(6-13)7-14/h3-5,8,12-14H,6-7H2,1-2H3. The number of aliphatic hydroxyl groups excluding tert-OH is 2. The van der Waals surface area contributed by atoms with Crippen molar-refractivity contribution in [1.29, 1.82) is 0 Å². The van der Waals surface area contributed by atoms with E-state index in [0.717, 1.165) is 0 Å². The molecule has 0 heterocycles. The van der Waals surface area contributed by atoms with Crippen LogP contribution in [-0.4, -0.2) is 43.7 Å². The van der Waals surface area contributed by atoms with Gasteiger partial charge in [0.1, 0.15) is 11.5 Å². The fraction of sp³-hybridized carbons (Fsp3) is 0.455. The molecular formula is C11H17NO4. The van der Waals surface area contributed by atoms with Gasteiger partial charge in [-0.25, -0.2) is 0 Å². The fourth-order valence-electron chi connectivity index (χ4n) is 1.29. The lowest BCUT2D eigenvalue weighted by Gasteiger charge is -2.17. The van der Waals surface area contributed by atoms with Crippen molar-refractivity contribution in [1.82, 2.24) is 0 Å². The molecule has 0 fully saturated rings. The van der Waals surface area contributed by atoms with Crippen molar-refractivity contribution in [2.75, 3.05) is 32.8 Å². The van der Waals surface area contributed by atoms with Crippen LogP contribution in [0.5, 0.6) is 11.5 Å². The van der Waals surface area contributed by atoms with Gasteiger partial charge < -0.3 is 25.0 Å². The minimum Gasteiger partial charge on any atom is -0.497 e. The SMILES string of the molecule is COc1ccc(NC(CO)CO)c(OC)c1. The van der Waals surface area contributed by atoms with Crippen LogP contribution in [0.3, 0.4) is 0 Å². The van der Waals surface area contributed by atoms with Gasteiger partial charge in [0.15, 0.2) is 0 Å². The van der Waals surface area contributed by atoms with Gasteiger partial charge in [-0.05, 0) is 12.1 Å². The Morgan fingerprint density at radius 1 is 1.19 bits per heavy atom. The van der Waals surface area contributed by atoms with E-state index in [2.05, 4.69) is 5.32 Å². The summed E-state index contributed by atoms with van der Waals surface area (Å²) in [5, 5.41) is 20.9. The highest BCUT2D eigenvalue weighted by Gasteiger charge is 2.10. The summed E-state index contributed by atoms with van der Waals surface area (Å²) in [6.45, 7) is -0.294. The first-order valence-electron chi connectivity index (χ1n) is 4.95. The Balaban J connectivity index is 2.86. The summed E-state index contributed by atoms with van der Waals surface area (Å²) in [6, 6.07) is 4.88. The van der Waals surface area contributed by atoms with Gasteiger partial charge in [0.05, 0.1) is 39.2 Å². The van der Waals surface area contributed by atoms with Gasteiger partial charge in [0.2, 0.25) is 0 Å². The van der Waals surface area contributed by atoms with Crippen LogP contribution in [0.15, 0.2) is 18.2 Å². The molecule has 0 saturated carbocycles. The molecule has 5 heteroatoms. The van der Waals surface area contributed by atoms with Crippen LogP contribution in [0.1, 0.15) is 0 Å². The minimum atomic E-state index is -0.401. The van der Waals surface area contributed by atoms with Crippen molar-refractivity contribution in [3.63, 3.8) is 0 Å². The summed E-state index contributed by atoms with van der Waals surface area (Å²) < 4.78 is 10.2. The number of aliphatic hydroxyl groups is 2. The van der Waals surface area contributed by atoms with Crippen molar-refractivity contribution in [3.05, 3.63) is 18.2 Å². The van der Waals surface area contributed by atoms with Crippen LogP contribution in [-0.2, 0) is 0 Å². The molecule has 0 aliphatic heterocycles. The lowest BCUT2D eigenvalue weighted by Crippen LogP contribution is -2.27. The zero-order valence-electron chi connectivity index (χ0n) is 9.43. The van der Waals surface area contributed by atoms with E-state index in [0.29, 0.717) is 17.2 Å². The molecular weight excluding hydrogens is 210 g/mol. The maximum atomic E-state index is 8.96. The van der Waals surface area contributed by atoms with Crippen molar-refractivity contribution in [2.24, 2.45) is 0 Å². The highest BCUT2D eigenvalue weighted by atomic mass is 16.5. The van der Waals surface area contributed by atoms with Crippen LogP contribution in [0.2, 0.25) is 0 Å². The van der Waals surface area contributed by atoms with Gasteiger partial charge in [-0.15, -0.1) is 0 Å². The van der Waals surface area contributed by atoms with E-state index in [1.807, 2.05) is 0 Å². The molecule has 0 aliphatic rings. The third-order valence-electron chi connectivity index (χ3n) is 2.21. The first kappa shape index (κ1) is 12.6. The molecule has 1 aromatic rings. The Hall–Kier alpha value is -1.46. The molecule has 90 valence electrons. The Labute approximate surface area is 94.6 Å². The number of nitrogens with one attached hydrogen (secondary N) is 1. The Kier molecular flexibility index (Phi) is 4.88. The third-order valence-corrected chi connectivity index (χ3v) is 2.21. The number of hydrogen-bond donors (Lipinski definition) is 3. The number of benzene rings is 1. The third kappa shape index (κ3) is 3.01. The van der Waals surface area contributed by atoms with E-state index >= 15 is 0 Å². The summed E-state index contributed by atoms with van der Waals surface area (Å²) in [5.74, 6) is 1.29. The molecule has 1 rings (SSSR count). The zero-order chi connectivity index (χ0) is 12.0. The molecule has 0 bridgehead atoms. The van der Waals surface area contributed by atoms with Crippen LogP contribution < -0.4 is 14.8 Å². The van der Waals surface area contributed by atoms with Gasteiger partial charge in [-0.1, -0.05) is 0 Å². The molecule has 0 radical (unpaired) electrons. The Morgan fingerprint density at radius 3 is 2.38 bits per heavy atom. The Bertz CT molecular complexity index is 326. The number of rotatable bonds is 6. The van der Waals surface area contributed by atoms with Gasteiger partial charge in [-0.3, -0.25) is 0 Å². The highest BCUT2D eigenvalue weighted by Crippen LogP contribution is 2.29. The Morgan fingerprint density at radius 2 is 1.88 bits per heavy atom. The summed E-state index contributed by atoms with van der Waals surface area (Å²) in [5.41, 5.74) is 0.705. The first-order chi connectivity index (χ1) is 7.74. The second kappa shape index (κ2) is 6.19. The quantitative estimate of drug-likeness (QED) is 0.659. The maximum Gasteiger partial charge on any atom is 0.145 e.